The van der Waals surface area contributed by atoms with E-state index in [1.807, 2.05) is 88.4 Å². The molecule has 10 aromatic carbocycles. The molecule has 2 amide bonds. The predicted molar refractivity (Wildman–Crippen MR) is 520 cm³/mol. The fourth-order valence-corrected chi connectivity index (χ4v) is 12.1. The van der Waals surface area contributed by atoms with Crippen LogP contribution in [0.15, 0.2) is 212 Å². The molecule has 11 rings (SSSR count). The second-order valence-electron chi connectivity index (χ2n) is 33.1. The van der Waals surface area contributed by atoms with E-state index in [0.29, 0.717) is 52.3 Å². The maximum Gasteiger partial charge on any atom is 0.310 e. The van der Waals surface area contributed by atoms with Gasteiger partial charge in [0.25, 0.3) is 17.1 Å². The van der Waals surface area contributed by atoms with Crippen molar-refractivity contribution >= 4 is 109 Å². The lowest BCUT2D eigenvalue weighted by Crippen LogP contribution is -2.12. The number of carbonyl (C=O) groups is 6. The average molecular weight is 1790 g/mol. The minimum Gasteiger partial charge on any atom is -0.481 e. The smallest absolute Gasteiger partial charge is 0.310 e. The molecule has 0 aliphatic rings. The van der Waals surface area contributed by atoms with Crippen LogP contribution in [0.4, 0.5) is 62.6 Å². The van der Waals surface area contributed by atoms with Crippen molar-refractivity contribution < 1.29 is 53.8 Å². The number of aromatic nitrogens is 3. The molecule has 0 fully saturated rings. The van der Waals surface area contributed by atoms with Crippen LogP contribution in [-0.2, 0) is 52.4 Å². The molecule has 0 spiro atoms. The number of aromatic amines is 1. The average Bonchev–Trinajstić information content (AvgIpc) is 1.78. The second kappa shape index (κ2) is 51.5. The minimum atomic E-state index is -1.03. The van der Waals surface area contributed by atoms with Gasteiger partial charge in [-0.05, 0) is 197 Å². The second-order valence-corrected chi connectivity index (χ2v) is 33.1. The van der Waals surface area contributed by atoms with Gasteiger partial charge in [-0.25, -0.2) is 26.3 Å². The van der Waals surface area contributed by atoms with E-state index >= 15 is 0 Å². The zero-order chi connectivity index (χ0) is 99.2. The number of carboxylic acids is 2. The van der Waals surface area contributed by atoms with Crippen molar-refractivity contribution in [3.8, 4) is 0 Å². The van der Waals surface area contributed by atoms with Gasteiger partial charge in [-0.15, -0.1) is 0 Å². The van der Waals surface area contributed by atoms with E-state index in [2.05, 4.69) is 135 Å². The van der Waals surface area contributed by atoms with E-state index in [1.165, 1.54) is 85.5 Å². The zero-order valence-corrected chi connectivity index (χ0v) is 76.9. The van der Waals surface area contributed by atoms with Crippen LogP contribution in [0.25, 0.3) is 30.4 Å². The summed E-state index contributed by atoms with van der Waals surface area (Å²) in [6.07, 6.45) is 2.62. The molecule has 132 heavy (non-hydrogen) atoms. The maximum absolute atomic E-state index is 12.6. The molecule has 1 aromatic heterocycles. The molecule has 0 saturated heterocycles. The summed E-state index contributed by atoms with van der Waals surface area (Å²) in [5.74, 6) is -3.53. The Morgan fingerprint density at radius 2 is 0.720 bits per heavy atom. The summed E-state index contributed by atoms with van der Waals surface area (Å²) in [5.41, 5.74) is 50.0. The number of carboxylic acid groups (broad SMARTS) is 2. The van der Waals surface area contributed by atoms with Crippen molar-refractivity contribution in [2.75, 3.05) is 45.0 Å². The summed E-state index contributed by atoms with van der Waals surface area (Å²) in [4.78, 5) is 111. The van der Waals surface area contributed by atoms with E-state index < -0.39 is 44.6 Å². The van der Waals surface area contributed by atoms with Crippen LogP contribution in [0.5, 0.6) is 0 Å². The molecule has 0 radical (unpaired) electrons. The topological polar surface area (TPSA) is 511 Å². The van der Waals surface area contributed by atoms with Gasteiger partial charge in [-0.2, -0.15) is 15.4 Å². The third-order valence-electron chi connectivity index (χ3n) is 21.0. The number of nitrogens with zero attached hydrogens (tertiary/aromatic N) is 9. The van der Waals surface area contributed by atoms with Crippen molar-refractivity contribution in [2.24, 2.45) is 0 Å². The minimum absolute atomic E-state index is 0.0290. The number of carbonyl (C=O) groups excluding carboxylic acids is 4. The Kier molecular flexibility index (Phi) is 42.2. The molecule has 690 valence electrons. The number of hydrogen-bond donors (Lipinski definition) is 11. The number of Topliss-reactive ketones (excluding diaryl/α,β-unsaturated/α-hetero) is 2. The van der Waals surface area contributed by atoms with Crippen LogP contribution in [0, 0.1) is 56.6 Å². The summed E-state index contributed by atoms with van der Waals surface area (Å²) in [6, 6.07) is 61.6. The van der Waals surface area contributed by atoms with Crippen LogP contribution in [-0.4, -0.2) is 75.7 Å². The Morgan fingerprint density at radius 3 is 1.09 bits per heavy atom. The summed E-state index contributed by atoms with van der Waals surface area (Å²) in [6.45, 7) is 57.4. The van der Waals surface area contributed by atoms with Crippen molar-refractivity contribution in [1.29, 1.82) is 0 Å². The molecule has 0 aliphatic carbocycles. The van der Waals surface area contributed by atoms with Crippen molar-refractivity contribution in [3.63, 3.8) is 0 Å². The van der Waals surface area contributed by atoms with E-state index in [1.54, 1.807) is 81.4 Å². The summed E-state index contributed by atoms with van der Waals surface area (Å²) < 4.78 is 0. The number of amides is 2. The normalized spacial score (nSPS) is 12.2. The van der Waals surface area contributed by atoms with Gasteiger partial charge in [0.05, 0.1) is 49.4 Å². The van der Waals surface area contributed by atoms with Crippen molar-refractivity contribution in [3.05, 3.63) is 355 Å². The number of aryl methyl sites for hydroxylation is 2. The van der Waals surface area contributed by atoms with Gasteiger partial charge < -0.3 is 74.6 Å². The number of nitrogens with two attached hydrogens (primary N) is 6. The number of nitro groups is 3. The first-order valence-electron chi connectivity index (χ1n) is 41.8. The highest BCUT2D eigenvalue weighted by atomic mass is 16.6. The quantitative estimate of drug-likeness (QED) is 0.0123. The van der Waals surface area contributed by atoms with Gasteiger partial charge in [0.15, 0.2) is 0 Å². The van der Waals surface area contributed by atoms with Crippen molar-refractivity contribution in [1.82, 2.24) is 15.4 Å². The lowest BCUT2D eigenvalue weighted by molar-refractivity contribution is -0.384. The molecular weight excluding hydrogens is 1680 g/mol. The number of rotatable bonds is 23. The zero-order valence-electron chi connectivity index (χ0n) is 76.9. The van der Waals surface area contributed by atoms with Crippen LogP contribution < -0.4 is 45.0 Å². The van der Waals surface area contributed by atoms with E-state index in [4.69, 9.17) is 70.9 Å². The number of nitrogen functional groups attached to an aromatic ring is 6. The van der Waals surface area contributed by atoms with Crippen molar-refractivity contribution in [2.45, 2.75) is 195 Å². The third-order valence-corrected chi connectivity index (χ3v) is 21.0. The molecule has 32 heteroatoms. The summed E-state index contributed by atoms with van der Waals surface area (Å²) in [5, 5.41) is 64.9. The van der Waals surface area contributed by atoms with Crippen LogP contribution in [0.2, 0.25) is 0 Å². The predicted octanol–water partition coefficient (Wildman–Crippen LogP) is 21.4. The first-order chi connectivity index (χ1) is 61.9. The van der Waals surface area contributed by atoms with Gasteiger partial charge in [-0.3, -0.25) is 59.1 Å². The van der Waals surface area contributed by atoms with Crippen LogP contribution in [0.1, 0.15) is 238 Å². The highest BCUT2D eigenvalue weighted by Crippen LogP contribution is 2.33. The lowest BCUT2D eigenvalue weighted by atomic mass is 9.86. The Morgan fingerprint density at radius 1 is 0.386 bits per heavy atom. The maximum atomic E-state index is 12.6. The van der Waals surface area contributed by atoms with Gasteiger partial charge in [0, 0.05) is 124 Å². The number of aliphatic carboxylic acids is 2. The monoisotopic (exact) mass is 1790 g/mol. The first kappa shape index (κ1) is 108. The first-order valence-corrected chi connectivity index (χ1v) is 41.8. The number of hydrogen-bond acceptors (Lipinski definition) is 20. The van der Waals surface area contributed by atoms with Crippen LogP contribution >= 0.6 is 0 Å². The number of nitrogens with one attached hydrogen (secondary N) is 3. The summed E-state index contributed by atoms with van der Waals surface area (Å²) >= 11 is 0. The fraction of sp³-hybridized carbons (Fsp3) is 0.300. The molecule has 17 N–H and O–H groups in total. The molecule has 1 heterocycles. The van der Waals surface area contributed by atoms with E-state index in [9.17, 15) is 59.1 Å². The molecule has 0 aliphatic heterocycles. The molecular formula is C100H116N18O14. The number of anilines is 8. The number of benzene rings is 10. The largest absolute Gasteiger partial charge is 0.481 e. The van der Waals surface area contributed by atoms with E-state index in [-0.39, 0.29) is 92.6 Å². The van der Waals surface area contributed by atoms with Gasteiger partial charge in [0.1, 0.15) is 34.0 Å². The Balaban J connectivity index is 0.000000321. The highest BCUT2D eigenvalue weighted by Gasteiger charge is 2.25. The van der Waals surface area contributed by atoms with Gasteiger partial charge in [0.2, 0.25) is 36.0 Å². The number of non-ortho nitro benzene ring substituents is 1. The standard InChI is InChI=1S/C21H25N3O.C21H28N2O.C11H11N3O3.C11H12N2O.C9H10N2O4.C9H8N2O2.C9H12N2O2.C9H10N2/c1-14(16-8-11-18-19(13-16)23-24-22-18)20(25)12-7-15-5-9-17(10-6-15)21(2,3)4;1-14(16-8-11-18(22)19(23)13-16)20(24)12-7-15-5-9-17(10-6-15)21(2,3)4;1-7(12-3)9-4-5-10(13-8(2)15)11(6-9)14(16)17;1-8(12-3)10-4-6-11(7-5-10)13-9(2)14;1-5(9(12)13)6-2-3-7(10)8(4-6)11(14)15;1-7(10-2)8-3-5-9(6-4-8)11(12)13;1-5(9(12)13)6-2-3-7(10)8(11)4-6;1-7(11-2)8-3-5-9(10)6-4-8/h5-6,8-11,13-14H,7,12H2,1-4H3,(H,22,23,24);5-6,8-11,13-14H,7,12,22-23H2,1-4H3;4-7H,1-2H3,(H,13,15);4-8H,1-2H3,(H,13,14);2-5H,10H2,1H3,(H,12,13);3-7H,1H3;2-5H,10-11H2,1H3,(H,12,13);3-7H,10H2,1H3. The fourth-order valence-electron chi connectivity index (χ4n) is 12.1. The molecule has 0 bridgehead atoms. The Hall–Kier alpha value is -16.2. The summed E-state index contributed by atoms with van der Waals surface area (Å²) in [7, 11) is 0. The molecule has 11 aromatic rings. The lowest BCUT2D eigenvalue weighted by Gasteiger charge is -2.19. The Labute approximate surface area is 769 Å². The number of H-pyrrole nitrogens is 1. The number of ketones is 2. The molecule has 0 saturated carbocycles. The molecule has 8 atom stereocenters. The SMILES string of the molecule is CC(C(=O)CCc1ccc(C(C)(C)C)cc1)c1ccc(N)c(N)c1.CC(C(=O)CCc1ccc(C(C)(C)C)cc1)c1ccc2n[nH]nc2c1.CC(C(=O)O)c1ccc(N)c(N)c1.CC(C(=O)O)c1ccc(N)c([N+](=O)[O-])c1.[C-]#[N+]C(C)c1ccc(N)cc1.[C-]#[N+]C(C)c1ccc(NC(C)=O)c([N+](=O)[O-])c1.[C-]#[N+]C(C)c1ccc(NC(C)=O)cc1.[C-]#[N+]C(C)c1ccc([N+](=O)[O-])cc1. The number of fused-ring (bicyclic) bond motifs is 1. The van der Waals surface area contributed by atoms with E-state index in [0.717, 1.165) is 63.1 Å². The highest BCUT2D eigenvalue weighted by molar-refractivity contribution is 5.92. The van der Waals surface area contributed by atoms with Gasteiger partial charge >= 0.3 is 11.9 Å². The Bertz CT molecular complexity index is 5960. The third kappa shape index (κ3) is 35.2. The van der Waals surface area contributed by atoms with Crippen LogP contribution in [0.3, 0.4) is 0 Å². The van der Waals surface area contributed by atoms with Gasteiger partial charge in [-0.1, -0.05) is 128 Å². The number of nitro benzene ring substituents is 3. The molecule has 32 nitrogen and oxygen atoms in total. The molecule has 8 unspecified atom stereocenters.